The molecule has 2 rings (SSSR count). The lowest BCUT2D eigenvalue weighted by molar-refractivity contribution is 0.496. The van der Waals surface area contributed by atoms with E-state index in [2.05, 4.69) is 37.2 Å². The van der Waals surface area contributed by atoms with Crippen LogP contribution in [0, 0.1) is 11.6 Å². The molecular weight excluding hydrogens is 404 g/mol. The first-order valence-electron chi connectivity index (χ1n) is 6.64. The second kappa shape index (κ2) is 7.47. The summed E-state index contributed by atoms with van der Waals surface area (Å²) < 4.78 is 29.3. The molecule has 2 aromatic carbocycles. The number of nitrogens with one attached hydrogen (secondary N) is 1. The zero-order chi connectivity index (χ0) is 15.4. The third kappa shape index (κ3) is 3.90. The van der Waals surface area contributed by atoms with E-state index in [-0.39, 0.29) is 22.5 Å². The molecule has 1 N–H and O–H groups in total. The molecule has 0 amide bonds. The van der Waals surface area contributed by atoms with Gasteiger partial charge in [0.2, 0.25) is 0 Å². The van der Waals surface area contributed by atoms with Crippen molar-refractivity contribution >= 4 is 31.9 Å². The first kappa shape index (κ1) is 16.6. The highest BCUT2D eigenvalue weighted by Crippen LogP contribution is 2.29. The number of rotatable bonds is 5. The molecule has 0 fully saturated rings. The number of benzene rings is 2. The highest BCUT2D eigenvalue weighted by molar-refractivity contribution is 9.10. The number of halogens is 4. The summed E-state index contributed by atoms with van der Waals surface area (Å²) in [7, 11) is 0. The van der Waals surface area contributed by atoms with E-state index in [1.54, 1.807) is 0 Å². The van der Waals surface area contributed by atoms with Crippen LogP contribution in [0.25, 0.3) is 0 Å². The van der Waals surface area contributed by atoms with E-state index in [9.17, 15) is 8.78 Å². The maximum atomic E-state index is 14.2. The Hall–Kier alpha value is -0.780. The summed E-state index contributed by atoms with van der Waals surface area (Å²) in [4.78, 5) is 0. The van der Waals surface area contributed by atoms with Crippen molar-refractivity contribution in [1.29, 1.82) is 0 Å². The van der Waals surface area contributed by atoms with Gasteiger partial charge in [0, 0.05) is 16.1 Å². The van der Waals surface area contributed by atoms with Gasteiger partial charge in [0.1, 0.15) is 11.6 Å². The molecule has 0 radical (unpaired) electrons. The minimum absolute atomic E-state index is 0.0890. The van der Waals surface area contributed by atoms with Crippen molar-refractivity contribution < 1.29 is 8.78 Å². The Kier molecular flexibility index (Phi) is 5.90. The third-order valence-electron chi connectivity index (χ3n) is 3.28. The van der Waals surface area contributed by atoms with Crippen molar-refractivity contribution in [3.05, 3.63) is 68.1 Å². The predicted molar refractivity (Wildman–Crippen MR) is 88.3 cm³/mol. The molecule has 0 aliphatic rings. The fraction of sp³-hybridized carbons (Fsp3) is 0.250. The lowest BCUT2D eigenvalue weighted by Gasteiger charge is -2.20. The van der Waals surface area contributed by atoms with Crippen molar-refractivity contribution in [2.75, 3.05) is 6.54 Å². The van der Waals surface area contributed by atoms with Gasteiger partial charge in [-0.1, -0.05) is 41.1 Å². The highest BCUT2D eigenvalue weighted by atomic mass is 79.9. The molecular formula is C16H15Br2F2N. The quantitative estimate of drug-likeness (QED) is 0.642. The molecule has 0 bridgehead atoms. The molecule has 0 heterocycles. The van der Waals surface area contributed by atoms with Crippen molar-refractivity contribution in [1.82, 2.24) is 5.32 Å². The van der Waals surface area contributed by atoms with Crippen molar-refractivity contribution in [2.45, 2.75) is 19.4 Å². The van der Waals surface area contributed by atoms with Gasteiger partial charge < -0.3 is 5.32 Å². The van der Waals surface area contributed by atoms with Gasteiger partial charge in [-0.2, -0.15) is 0 Å². The van der Waals surface area contributed by atoms with E-state index in [0.29, 0.717) is 6.54 Å². The fourth-order valence-electron chi connectivity index (χ4n) is 2.26. The molecule has 1 atom stereocenters. The van der Waals surface area contributed by atoms with Crippen LogP contribution in [0.5, 0.6) is 0 Å². The molecule has 1 nitrogen and oxygen atoms in total. The summed E-state index contributed by atoms with van der Waals surface area (Å²) in [5.41, 5.74) is 1.07. The van der Waals surface area contributed by atoms with E-state index in [1.807, 2.05) is 31.2 Å². The van der Waals surface area contributed by atoms with Gasteiger partial charge in [-0.3, -0.25) is 0 Å². The van der Waals surface area contributed by atoms with Crippen LogP contribution in [0.4, 0.5) is 8.78 Å². The molecule has 0 saturated carbocycles. The molecule has 5 heteroatoms. The van der Waals surface area contributed by atoms with Gasteiger partial charge in [0.15, 0.2) is 0 Å². The van der Waals surface area contributed by atoms with Crippen LogP contribution in [0.1, 0.15) is 24.1 Å². The normalized spacial score (nSPS) is 12.4. The SMILES string of the molecule is CCNC(Cc1c(F)ccc(Br)c1F)c1ccccc1Br. The van der Waals surface area contributed by atoms with Crippen molar-refractivity contribution in [3.63, 3.8) is 0 Å². The van der Waals surface area contributed by atoms with E-state index < -0.39 is 11.6 Å². The van der Waals surface area contributed by atoms with Gasteiger partial charge >= 0.3 is 0 Å². The van der Waals surface area contributed by atoms with E-state index in [4.69, 9.17) is 0 Å². The number of hydrogen-bond donors (Lipinski definition) is 1. The molecule has 0 spiro atoms. The minimum atomic E-state index is -0.537. The smallest absolute Gasteiger partial charge is 0.143 e. The van der Waals surface area contributed by atoms with Gasteiger partial charge in [-0.05, 0) is 52.7 Å². The average Bonchev–Trinajstić information content (AvgIpc) is 2.47. The number of hydrogen-bond acceptors (Lipinski definition) is 1. The monoisotopic (exact) mass is 417 g/mol. The molecule has 0 saturated heterocycles. The first-order chi connectivity index (χ1) is 10.0. The van der Waals surface area contributed by atoms with Gasteiger partial charge in [0.25, 0.3) is 0 Å². The second-order valence-corrected chi connectivity index (χ2v) is 6.37. The Morgan fingerprint density at radius 3 is 2.43 bits per heavy atom. The highest BCUT2D eigenvalue weighted by Gasteiger charge is 2.20. The van der Waals surface area contributed by atoms with Crippen LogP contribution < -0.4 is 5.32 Å². The van der Waals surface area contributed by atoms with Crippen LogP contribution in [0.3, 0.4) is 0 Å². The average molecular weight is 419 g/mol. The van der Waals surface area contributed by atoms with E-state index in [1.165, 1.54) is 12.1 Å². The Bertz CT molecular complexity index is 632. The zero-order valence-corrected chi connectivity index (χ0v) is 14.6. The zero-order valence-electron chi connectivity index (χ0n) is 11.5. The molecule has 21 heavy (non-hydrogen) atoms. The maximum absolute atomic E-state index is 14.2. The topological polar surface area (TPSA) is 12.0 Å². The summed E-state index contributed by atoms with van der Waals surface area (Å²) in [6.07, 6.45) is 0.244. The molecule has 0 aliphatic carbocycles. The molecule has 0 aliphatic heterocycles. The van der Waals surface area contributed by atoms with Crippen LogP contribution in [-0.2, 0) is 6.42 Å². The largest absolute Gasteiger partial charge is 0.310 e. The fourth-order valence-corrected chi connectivity index (χ4v) is 3.19. The van der Waals surface area contributed by atoms with Crippen LogP contribution in [0.2, 0.25) is 0 Å². The van der Waals surface area contributed by atoms with Gasteiger partial charge in [0.05, 0.1) is 4.47 Å². The van der Waals surface area contributed by atoms with Gasteiger partial charge in [-0.25, -0.2) is 8.78 Å². The summed E-state index contributed by atoms with van der Waals surface area (Å²) in [6.45, 7) is 2.68. The van der Waals surface area contributed by atoms with Gasteiger partial charge in [-0.15, -0.1) is 0 Å². The van der Waals surface area contributed by atoms with Crippen LogP contribution >= 0.6 is 31.9 Å². The predicted octanol–water partition coefficient (Wildman–Crippen LogP) is 5.38. The number of likely N-dealkylation sites (N-methyl/N-ethyl adjacent to an activating group) is 1. The Morgan fingerprint density at radius 2 is 1.76 bits per heavy atom. The van der Waals surface area contributed by atoms with Crippen molar-refractivity contribution in [2.24, 2.45) is 0 Å². The lowest BCUT2D eigenvalue weighted by Crippen LogP contribution is -2.24. The Morgan fingerprint density at radius 1 is 1.05 bits per heavy atom. The van der Waals surface area contributed by atoms with E-state index >= 15 is 0 Å². The van der Waals surface area contributed by atoms with Crippen molar-refractivity contribution in [3.8, 4) is 0 Å². The summed E-state index contributed by atoms with van der Waals surface area (Å²) in [5.74, 6) is -1.06. The van der Waals surface area contributed by atoms with Crippen LogP contribution in [0.15, 0.2) is 45.3 Å². The molecule has 1 unspecified atom stereocenters. The maximum Gasteiger partial charge on any atom is 0.143 e. The Labute approximate surface area is 140 Å². The minimum Gasteiger partial charge on any atom is -0.310 e. The standard InChI is InChI=1S/C16H15Br2F2N/c1-2-21-15(10-5-3-4-6-12(10)17)9-11-14(19)8-7-13(18)16(11)20/h3-8,15,21H,2,9H2,1H3. The molecule has 112 valence electrons. The summed E-state index contributed by atoms with van der Waals surface area (Å²) >= 11 is 6.60. The molecule has 2 aromatic rings. The van der Waals surface area contributed by atoms with E-state index in [0.717, 1.165) is 10.0 Å². The first-order valence-corrected chi connectivity index (χ1v) is 8.23. The summed E-state index contributed by atoms with van der Waals surface area (Å²) in [6, 6.07) is 10.2. The lowest BCUT2D eigenvalue weighted by atomic mass is 9.98. The van der Waals surface area contributed by atoms with Crippen LogP contribution in [-0.4, -0.2) is 6.54 Å². The third-order valence-corrected chi connectivity index (χ3v) is 4.61. The second-order valence-electron chi connectivity index (χ2n) is 4.66. The summed E-state index contributed by atoms with van der Waals surface area (Å²) in [5, 5.41) is 3.28. The Balaban J connectivity index is 2.38. The molecule has 0 aromatic heterocycles.